The molecule has 2 amide bonds. The van der Waals surface area contributed by atoms with Gasteiger partial charge in [-0.15, -0.1) is 0 Å². The van der Waals surface area contributed by atoms with E-state index in [0.717, 1.165) is 26.6 Å². The van der Waals surface area contributed by atoms with E-state index in [2.05, 4.69) is 31.5 Å². The largest absolute Gasteiger partial charge is 0.343 e. The molecule has 0 saturated heterocycles. The number of benzene rings is 2. The number of hydrogen-bond acceptors (Lipinski definition) is 3. The van der Waals surface area contributed by atoms with Gasteiger partial charge < -0.3 is 10.6 Å². The van der Waals surface area contributed by atoms with Crippen molar-refractivity contribution < 1.29 is 9.59 Å². The van der Waals surface area contributed by atoms with Crippen LogP contribution in [0.1, 0.15) is 21.6 Å². The molecule has 0 spiro atoms. The lowest BCUT2D eigenvalue weighted by atomic mass is 10.1. The Morgan fingerprint density at radius 2 is 1.89 bits per heavy atom. The van der Waals surface area contributed by atoms with Crippen molar-refractivity contribution in [1.82, 2.24) is 10.3 Å². The Kier molecular flexibility index (Phi) is 5.77. The van der Waals surface area contributed by atoms with Crippen molar-refractivity contribution in [2.45, 2.75) is 13.8 Å². The highest BCUT2D eigenvalue weighted by Gasteiger charge is 2.14. The first-order chi connectivity index (χ1) is 12.8. The van der Waals surface area contributed by atoms with E-state index in [-0.39, 0.29) is 18.4 Å². The molecule has 1 aromatic heterocycles. The third kappa shape index (κ3) is 4.64. The van der Waals surface area contributed by atoms with Crippen molar-refractivity contribution in [2.75, 3.05) is 11.9 Å². The molecule has 1 heterocycles. The van der Waals surface area contributed by atoms with Gasteiger partial charge in [-0.3, -0.25) is 14.6 Å². The normalized spacial score (nSPS) is 10.7. The van der Waals surface area contributed by atoms with Gasteiger partial charge in [0.1, 0.15) is 0 Å². The fourth-order valence-corrected chi connectivity index (χ4v) is 3.33. The first kappa shape index (κ1) is 19.3. The lowest BCUT2D eigenvalue weighted by Crippen LogP contribution is -2.33. The number of aromatic nitrogens is 1. The van der Waals surface area contributed by atoms with Gasteiger partial charge in [-0.2, -0.15) is 0 Å². The number of carbonyl (C=O) groups is 2. The van der Waals surface area contributed by atoms with Gasteiger partial charge in [0.25, 0.3) is 5.91 Å². The molecular formula is C20H17BrClN3O2. The zero-order valence-electron chi connectivity index (χ0n) is 14.8. The highest BCUT2D eigenvalue weighted by molar-refractivity contribution is 9.10. The maximum Gasteiger partial charge on any atom is 0.252 e. The smallest absolute Gasteiger partial charge is 0.252 e. The van der Waals surface area contributed by atoms with Gasteiger partial charge in [-0.1, -0.05) is 33.6 Å². The third-order valence-corrected chi connectivity index (χ3v) is 4.76. The van der Waals surface area contributed by atoms with Gasteiger partial charge in [0.15, 0.2) is 0 Å². The number of hydrogen-bond donors (Lipinski definition) is 2. The van der Waals surface area contributed by atoms with Gasteiger partial charge in [-0.05, 0) is 55.8 Å². The minimum absolute atomic E-state index is 0.167. The van der Waals surface area contributed by atoms with Crippen LogP contribution in [0.3, 0.4) is 0 Å². The Labute approximate surface area is 170 Å². The molecule has 0 unspecified atom stereocenters. The highest BCUT2D eigenvalue weighted by atomic mass is 79.9. The molecule has 27 heavy (non-hydrogen) atoms. The molecule has 5 nitrogen and oxygen atoms in total. The summed E-state index contributed by atoms with van der Waals surface area (Å²) < 4.78 is 0.849. The fraction of sp³-hybridized carbons (Fsp3) is 0.150. The van der Waals surface area contributed by atoms with E-state index in [1.807, 2.05) is 38.1 Å². The van der Waals surface area contributed by atoms with Crippen molar-refractivity contribution in [3.63, 3.8) is 0 Å². The lowest BCUT2D eigenvalue weighted by Gasteiger charge is -2.11. The monoisotopic (exact) mass is 445 g/mol. The summed E-state index contributed by atoms with van der Waals surface area (Å²) in [5.74, 6) is -0.695. The summed E-state index contributed by atoms with van der Waals surface area (Å²) in [6, 6.07) is 12.6. The summed E-state index contributed by atoms with van der Waals surface area (Å²) in [7, 11) is 0. The number of rotatable bonds is 4. The number of carbonyl (C=O) groups excluding carboxylic acids is 2. The number of nitrogens with one attached hydrogen (secondary N) is 2. The van der Waals surface area contributed by atoms with Crippen LogP contribution in [0.2, 0.25) is 5.02 Å². The molecule has 7 heteroatoms. The van der Waals surface area contributed by atoms with E-state index in [1.54, 1.807) is 18.2 Å². The maximum atomic E-state index is 12.6. The van der Waals surface area contributed by atoms with E-state index < -0.39 is 0 Å². The van der Waals surface area contributed by atoms with Gasteiger partial charge in [0, 0.05) is 15.6 Å². The number of halogens is 2. The second kappa shape index (κ2) is 8.06. The Morgan fingerprint density at radius 1 is 1.11 bits per heavy atom. The van der Waals surface area contributed by atoms with E-state index in [4.69, 9.17) is 11.6 Å². The number of anilines is 1. The summed E-state index contributed by atoms with van der Waals surface area (Å²) in [5.41, 5.74) is 3.43. The van der Waals surface area contributed by atoms with Crippen LogP contribution in [0.4, 0.5) is 5.69 Å². The molecule has 0 fully saturated rings. The number of nitrogens with zero attached hydrogens (tertiary/aromatic N) is 1. The molecule has 3 rings (SSSR count). The molecule has 0 atom stereocenters. The molecule has 138 valence electrons. The number of aryl methyl sites for hydroxylation is 2. The summed E-state index contributed by atoms with van der Waals surface area (Å²) in [6.07, 6.45) is 0. The summed E-state index contributed by atoms with van der Waals surface area (Å²) in [6.45, 7) is 3.57. The topological polar surface area (TPSA) is 71.1 Å². The lowest BCUT2D eigenvalue weighted by molar-refractivity contribution is -0.115. The van der Waals surface area contributed by atoms with Crippen LogP contribution >= 0.6 is 27.5 Å². The summed E-state index contributed by atoms with van der Waals surface area (Å²) in [4.78, 5) is 29.2. The van der Waals surface area contributed by atoms with Crippen LogP contribution in [-0.4, -0.2) is 23.3 Å². The number of fused-ring (bicyclic) bond motifs is 1. The van der Waals surface area contributed by atoms with Gasteiger partial charge in [0.05, 0.1) is 28.3 Å². The van der Waals surface area contributed by atoms with E-state index in [0.29, 0.717) is 16.3 Å². The molecule has 0 aliphatic carbocycles. The Bertz CT molecular complexity index is 1050. The van der Waals surface area contributed by atoms with Crippen LogP contribution in [0.15, 0.2) is 46.9 Å². The minimum Gasteiger partial charge on any atom is -0.343 e. The van der Waals surface area contributed by atoms with Crippen molar-refractivity contribution >= 4 is 55.9 Å². The van der Waals surface area contributed by atoms with Crippen LogP contribution in [0.5, 0.6) is 0 Å². The average molecular weight is 447 g/mol. The summed E-state index contributed by atoms with van der Waals surface area (Å²) >= 11 is 9.53. The van der Waals surface area contributed by atoms with Crippen molar-refractivity contribution in [3.8, 4) is 0 Å². The Hall–Kier alpha value is -2.44. The van der Waals surface area contributed by atoms with Crippen LogP contribution in [-0.2, 0) is 4.79 Å². The first-order valence-electron chi connectivity index (χ1n) is 8.24. The van der Waals surface area contributed by atoms with E-state index in [9.17, 15) is 9.59 Å². The number of amides is 2. The first-order valence-corrected chi connectivity index (χ1v) is 9.41. The average Bonchev–Trinajstić information content (AvgIpc) is 2.61. The van der Waals surface area contributed by atoms with Crippen LogP contribution < -0.4 is 10.6 Å². The van der Waals surface area contributed by atoms with Gasteiger partial charge in [0.2, 0.25) is 5.91 Å². The zero-order chi connectivity index (χ0) is 19.6. The van der Waals surface area contributed by atoms with Crippen molar-refractivity contribution in [3.05, 3.63) is 68.8 Å². The molecule has 0 radical (unpaired) electrons. The second-order valence-electron chi connectivity index (χ2n) is 6.19. The van der Waals surface area contributed by atoms with E-state index >= 15 is 0 Å². The molecule has 0 aliphatic heterocycles. The highest BCUT2D eigenvalue weighted by Crippen LogP contribution is 2.24. The maximum absolute atomic E-state index is 12.6. The Morgan fingerprint density at radius 3 is 2.63 bits per heavy atom. The van der Waals surface area contributed by atoms with Gasteiger partial charge in [-0.25, -0.2) is 0 Å². The minimum atomic E-state index is -0.356. The Balaban J connectivity index is 1.73. The SMILES string of the molecule is Cc1ccc(NC(=O)CNC(=O)c2cc(C)nc3ccc(Br)cc23)c(Cl)c1. The molecule has 0 saturated carbocycles. The third-order valence-electron chi connectivity index (χ3n) is 3.95. The zero-order valence-corrected chi connectivity index (χ0v) is 17.1. The van der Waals surface area contributed by atoms with Crippen LogP contribution in [0.25, 0.3) is 10.9 Å². The quantitative estimate of drug-likeness (QED) is 0.613. The molecule has 2 N–H and O–H groups in total. The van der Waals surface area contributed by atoms with Gasteiger partial charge >= 0.3 is 0 Å². The second-order valence-corrected chi connectivity index (χ2v) is 7.51. The fourth-order valence-electron chi connectivity index (χ4n) is 2.69. The molecule has 3 aromatic rings. The molecule has 0 aliphatic rings. The predicted molar refractivity (Wildman–Crippen MR) is 111 cm³/mol. The number of pyridine rings is 1. The molecule has 2 aromatic carbocycles. The van der Waals surface area contributed by atoms with Crippen LogP contribution in [0, 0.1) is 13.8 Å². The molecular weight excluding hydrogens is 430 g/mol. The predicted octanol–water partition coefficient (Wildman–Crippen LogP) is 4.64. The van der Waals surface area contributed by atoms with Crippen molar-refractivity contribution in [2.24, 2.45) is 0 Å². The van der Waals surface area contributed by atoms with Crippen molar-refractivity contribution in [1.29, 1.82) is 0 Å². The standard InChI is InChI=1S/C20H17BrClN3O2/c1-11-3-5-18(16(22)7-11)25-19(26)10-23-20(27)15-8-12(2)24-17-6-4-13(21)9-14(15)17/h3-9H,10H2,1-2H3,(H,23,27)(H,25,26). The molecule has 0 bridgehead atoms. The van der Waals surface area contributed by atoms with E-state index in [1.165, 1.54) is 0 Å². The summed E-state index contributed by atoms with van der Waals surface area (Å²) in [5, 5.41) is 6.52.